The number of para-hydroxylation sites is 4. The van der Waals surface area contributed by atoms with E-state index in [1.54, 1.807) is 0 Å². The molecule has 28 aromatic rings. The summed E-state index contributed by atoms with van der Waals surface area (Å²) in [4.78, 5) is 32.2. The zero-order valence-corrected chi connectivity index (χ0v) is 79.4. The molecule has 142 heavy (non-hydrogen) atoms. The summed E-state index contributed by atoms with van der Waals surface area (Å²) < 4.78 is 18.5. The smallest absolute Gasteiger partial charge is 0.164 e. The lowest BCUT2D eigenvalue weighted by Gasteiger charge is -2.22. The van der Waals surface area contributed by atoms with Gasteiger partial charge in [0.15, 0.2) is 34.9 Å². The number of fused-ring (bicyclic) bond motifs is 30. The maximum absolute atomic E-state index is 6.67. The number of hydrogen-bond donors (Lipinski definition) is 0. The molecule has 0 atom stereocenters. The van der Waals surface area contributed by atoms with Gasteiger partial charge in [-0.05, 0) is 240 Å². The maximum Gasteiger partial charge on any atom is 0.164 e. The van der Waals surface area contributed by atoms with E-state index < -0.39 is 0 Å². The molecule has 22 aromatic carbocycles. The van der Waals surface area contributed by atoms with Gasteiger partial charge in [-0.15, -0.1) is 22.7 Å². The second kappa shape index (κ2) is 31.5. The highest BCUT2D eigenvalue weighted by atomic mass is 32.1. The highest BCUT2D eigenvalue weighted by Crippen LogP contribution is 2.56. The van der Waals surface area contributed by atoms with Gasteiger partial charge in [0, 0.05) is 117 Å². The molecule has 0 fully saturated rings. The Kier molecular flexibility index (Phi) is 18.1. The van der Waals surface area contributed by atoms with E-state index in [4.69, 9.17) is 38.7 Å². The second-order valence-electron chi connectivity index (χ2n) is 38.9. The molecule has 6 aromatic heterocycles. The molecular formula is C132H82N6O2S2. The van der Waals surface area contributed by atoms with E-state index >= 15 is 0 Å². The van der Waals surface area contributed by atoms with Crippen molar-refractivity contribution in [1.29, 1.82) is 0 Å². The highest BCUT2D eigenvalue weighted by molar-refractivity contribution is 7.26. The van der Waals surface area contributed by atoms with Crippen LogP contribution in [0.2, 0.25) is 0 Å². The van der Waals surface area contributed by atoms with Crippen LogP contribution in [0.15, 0.2) is 433 Å². The Balaban J connectivity index is 0.000000136. The first-order valence-electron chi connectivity index (χ1n) is 48.5. The summed E-state index contributed by atoms with van der Waals surface area (Å²) in [5.74, 6) is 3.65. The van der Waals surface area contributed by atoms with Crippen molar-refractivity contribution in [3.8, 4) is 135 Å². The van der Waals surface area contributed by atoms with Crippen molar-refractivity contribution in [3.05, 3.63) is 447 Å². The van der Waals surface area contributed by atoms with Gasteiger partial charge in [0.25, 0.3) is 0 Å². The van der Waals surface area contributed by atoms with E-state index in [2.05, 4.69) is 404 Å². The van der Waals surface area contributed by atoms with E-state index in [9.17, 15) is 0 Å². The Hall–Kier alpha value is -17.5. The summed E-state index contributed by atoms with van der Waals surface area (Å²) in [5.41, 5.74) is 27.9. The molecule has 30 rings (SSSR count). The minimum absolute atomic E-state index is 0.112. The lowest BCUT2D eigenvalue weighted by molar-refractivity contribution is 0.661. The van der Waals surface area contributed by atoms with Crippen LogP contribution in [0.3, 0.4) is 0 Å². The fourth-order valence-electron chi connectivity index (χ4n) is 23.3. The molecule has 0 amide bonds. The van der Waals surface area contributed by atoms with E-state index in [-0.39, 0.29) is 10.8 Å². The largest absolute Gasteiger partial charge is 0.455 e. The molecule has 664 valence electrons. The van der Waals surface area contributed by atoms with Crippen LogP contribution in [-0.4, -0.2) is 29.9 Å². The van der Waals surface area contributed by atoms with Gasteiger partial charge in [-0.1, -0.05) is 355 Å². The highest BCUT2D eigenvalue weighted by Gasteiger charge is 2.38. The predicted octanol–water partition coefficient (Wildman–Crippen LogP) is 36.5. The summed E-state index contributed by atoms with van der Waals surface area (Å²) in [6, 6.07) is 153. The molecule has 10 heteroatoms. The van der Waals surface area contributed by atoms with Crippen molar-refractivity contribution in [2.45, 2.75) is 38.5 Å². The third-order valence-corrected chi connectivity index (χ3v) is 32.6. The number of rotatable bonds is 10. The van der Waals surface area contributed by atoms with Gasteiger partial charge in [0.1, 0.15) is 22.3 Å². The number of furan rings is 2. The molecule has 0 spiro atoms. The van der Waals surface area contributed by atoms with Crippen LogP contribution in [-0.2, 0) is 10.8 Å². The van der Waals surface area contributed by atoms with Gasteiger partial charge in [0.2, 0.25) is 0 Å². The summed E-state index contributed by atoms with van der Waals surface area (Å²) in [5, 5.41) is 24.1. The third kappa shape index (κ3) is 12.7. The van der Waals surface area contributed by atoms with Crippen LogP contribution in [0, 0.1) is 0 Å². The number of thiophene rings is 2. The molecule has 2 aliphatic rings. The second-order valence-corrected chi connectivity index (χ2v) is 41.0. The van der Waals surface area contributed by atoms with Gasteiger partial charge in [-0.2, -0.15) is 0 Å². The summed E-state index contributed by atoms with van der Waals surface area (Å²) in [7, 11) is 0. The van der Waals surface area contributed by atoms with Crippen molar-refractivity contribution in [2.24, 2.45) is 0 Å². The molecule has 0 saturated carbocycles. The van der Waals surface area contributed by atoms with Crippen LogP contribution in [0.4, 0.5) is 0 Å². The molecule has 0 radical (unpaired) electrons. The Bertz CT molecular complexity index is 9450. The first kappa shape index (κ1) is 81.6. The first-order chi connectivity index (χ1) is 69.8. The van der Waals surface area contributed by atoms with Gasteiger partial charge < -0.3 is 8.83 Å². The summed E-state index contributed by atoms with van der Waals surface area (Å²) in [6.45, 7) is 9.43. The predicted molar refractivity (Wildman–Crippen MR) is 595 cm³/mol. The Morgan fingerprint density at radius 3 is 0.859 bits per heavy atom. The van der Waals surface area contributed by atoms with Crippen molar-refractivity contribution >= 4 is 172 Å². The molecule has 0 unspecified atom stereocenters. The Labute approximate surface area is 824 Å². The molecule has 8 nitrogen and oxygen atoms in total. The SMILES string of the molecule is CC1(C)c2ccccc2-c2cc3c4ccccc4c4cc(-c5nc(-c6ccccc6)nc(-c6cc(-c7cccc8c7oc7ccccc78)cc(-c7cccc8c7oc7ccccc78)c6)n5)ccc4c3cc21.CC1(C)c2ccccc2-c2cc3c4ccccc4c4cc(-c5nc(-c6ccccc6)nc(-c6cc(-c7cccc8c7sc7ccccc78)cc(-c7cccc8c7sc7ccccc78)c6)n5)ccc4c3cc21. The fraction of sp³-hybridized carbons (Fsp3) is 0.0455. The fourth-order valence-corrected chi connectivity index (χ4v) is 25.8. The zero-order valence-electron chi connectivity index (χ0n) is 77.7. The topological polar surface area (TPSA) is 104 Å². The number of benzene rings is 22. The molecule has 0 N–H and O–H groups in total. The Morgan fingerprint density at radius 2 is 0.451 bits per heavy atom. The minimum atomic E-state index is -0.124. The maximum atomic E-state index is 6.67. The molecule has 6 heterocycles. The molecule has 0 saturated heterocycles. The van der Waals surface area contributed by atoms with Crippen molar-refractivity contribution in [2.75, 3.05) is 0 Å². The van der Waals surface area contributed by atoms with E-state index in [0.29, 0.717) is 34.9 Å². The molecule has 2 aliphatic carbocycles. The summed E-state index contributed by atoms with van der Waals surface area (Å²) in [6.07, 6.45) is 0. The lowest BCUT2D eigenvalue weighted by Crippen LogP contribution is -2.14. The van der Waals surface area contributed by atoms with Crippen LogP contribution in [0.1, 0.15) is 49.9 Å². The molecule has 0 aliphatic heterocycles. The molecular weight excluding hydrogens is 1770 g/mol. The lowest BCUT2D eigenvalue weighted by atomic mass is 9.81. The standard InChI is InChI=1S/C66H41N3O2.C66H41N3S2/c2*1-66(2)57-27-11-8-20-48(57)56-36-54-46-19-7-6-18-45(46)53-35-39(30-31-47(53)55(54)37-58(56)66)64-67-63(38-16-4-3-5-17-38)68-65(69-64)42-33-40(43-23-14-25-51-49-21-9-12-28-59(49)70-61(43)51)32-41(34-42)44-24-15-26-52-50-22-10-13-29-60(50)71-62(44)52/h2*3-37H,1-2H3. The van der Waals surface area contributed by atoms with E-state index in [0.717, 1.165) is 116 Å². The normalized spacial score (nSPS) is 13.0. The van der Waals surface area contributed by atoms with Crippen LogP contribution < -0.4 is 0 Å². The average Bonchev–Trinajstić information content (AvgIpc) is 1.47. The number of hydrogen-bond acceptors (Lipinski definition) is 10. The van der Waals surface area contributed by atoms with Gasteiger partial charge in [-0.25, -0.2) is 29.9 Å². The van der Waals surface area contributed by atoms with Gasteiger partial charge in [-0.3, -0.25) is 0 Å². The van der Waals surface area contributed by atoms with E-state index in [1.165, 1.54) is 155 Å². The van der Waals surface area contributed by atoms with Gasteiger partial charge in [0.05, 0.1) is 0 Å². The van der Waals surface area contributed by atoms with Crippen LogP contribution in [0.25, 0.3) is 284 Å². The number of nitrogens with zero attached hydrogens (tertiary/aromatic N) is 6. The van der Waals surface area contributed by atoms with Gasteiger partial charge >= 0.3 is 0 Å². The molecule has 0 bridgehead atoms. The summed E-state index contributed by atoms with van der Waals surface area (Å²) >= 11 is 3.71. The van der Waals surface area contributed by atoms with E-state index in [1.807, 2.05) is 71.2 Å². The number of aromatic nitrogens is 6. The monoisotopic (exact) mass is 1850 g/mol. The first-order valence-corrected chi connectivity index (χ1v) is 50.1. The van der Waals surface area contributed by atoms with Crippen LogP contribution >= 0.6 is 22.7 Å². The third-order valence-electron chi connectivity index (χ3n) is 30.2. The average molecular weight is 1850 g/mol. The quantitative estimate of drug-likeness (QED) is 0.125. The Morgan fingerprint density at radius 1 is 0.169 bits per heavy atom. The minimum Gasteiger partial charge on any atom is -0.455 e. The zero-order chi connectivity index (χ0) is 93.9. The van der Waals surface area contributed by atoms with Crippen molar-refractivity contribution < 1.29 is 8.83 Å². The van der Waals surface area contributed by atoms with Crippen LogP contribution in [0.5, 0.6) is 0 Å². The van der Waals surface area contributed by atoms with Crippen molar-refractivity contribution in [1.82, 2.24) is 29.9 Å². The van der Waals surface area contributed by atoms with Crippen molar-refractivity contribution in [3.63, 3.8) is 0 Å².